The van der Waals surface area contributed by atoms with Crippen LogP contribution in [-0.2, 0) is 4.79 Å². The molecule has 0 aromatic heterocycles. The lowest BCUT2D eigenvalue weighted by molar-refractivity contribution is -0.384. The van der Waals surface area contributed by atoms with Crippen LogP contribution in [0.15, 0.2) is 12.1 Å². The summed E-state index contributed by atoms with van der Waals surface area (Å²) in [6, 6.07) is 2.16. The molecule has 1 atom stereocenters. The van der Waals surface area contributed by atoms with E-state index in [-0.39, 0.29) is 17.8 Å². The number of rotatable bonds is 7. The number of hydrogen-bond donors (Lipinski definition) is 2. The molecule has 20 heavy (non-hydrogen) atoms. The standard InChI is InChI=1S/C13H17FN2O4/c1-3-4-9(13(17)18)7-15-11-5-8(2)10(14)6-12(11)16(19)20/h5-6,9,15H,3-4,7H2,1-2H3,(H,17,18). The molecule has 0 radical (unpaired) electrons. The lowest BCUT2D eigenvalue weighted by Gasteiger charge is -2.14. The van der Waals surface area contributed by atoms with Gasteiger partial charge in [0.05, 0.1) is 16.9 Å². The summed E-state index contributed by atoms with van der Waals surface area (Å²) in [4.78, 5) is 21.2. The molecule has 1 aromatic rings. The number of hydrogen-bond acceptors (Lipinski definition) is 4. The van der Waals surface area contributed by atoms with Gasteiger partial charge in [-0.05, 0) is 25.0 Å². The maximum Gasteiger partial charge on any atom is 0.308 e. The van der Waals surface area contributed by atoms with Crippen molar-refractivity contribution >= 4 is 17.3 Å². The van der Waals surface area contributed by atoms with Crippen molar-refractivity contribution in [1.29, 1.82) is 0 Å². The first-order valence-corrected chi connectivity index (χ1v) is 6.28. The second-order valence-corrected chi connectivity index (χ2v) is 4.58. The highest BCUT2D eigenvalue weighted by Crippen LogP contribution is 2.27. The number of aryl methyl sites for hydroxylation is 1. The van der Waals surface area contributed by atoms with E-state index in [1.54, 1.807) is 0 Å². The first kappa shape index (κ1) is 15.9. The number of anilines is 1. The Balaban J connectivity index is 2.93. The molecule has 0 heterocycles. The number of halogens is 1. The molecule has 0 saturated carbocycles. The summed E-state index contributed by atoms with van der Waals surface area (Å²) in [5, 5.41) is 22.6. The molecule has 0 fully saturated rings. The van der Waals surface area contributed by atoms with E-state index in [1.807, 2.05) is 6.92 Å². The Hall–Kier alpha value is -2.18. The van der Waals surface area contributed by atoms with Crippen LogP contribution in [0.2, 0.25) is 0 Å². The summed E-state index contributed by atoms with van der Waals surface area (Å²) in [7, 11) is 0. The second kappa shape index (κ2) is 6.83. The monoisotopic (exact) mass is 284 g/mol. The van der Waals surface area contributed by atoms with E-state index < -0.39 is 28.3 Å². The van der Waals surface area contributed by atoms with Crippen molar-refractivity contribution in [3.63, 3.8) is 0 Å². The highest BCUT2D eigenvalue weighted by atomic mass is 19.1. The molecule has 0 aliphatic carbocycles. The molecule has 0 aliphatic rings. The van der Waals surface area contributed by atoms with E-state index in [4.69, 9.17) is 5.11 Å². The van der Waals surface area contributed by atoms with Gasteiger partial charge >= 0.3 is 5.97 Å². The lowest BCUT2D eigenvalue weighted by atomic mass is 10.0. The fourth-order valence-electron chi connectivity index (χ4n) is 1.86. The summed E-state index contributed by atoms with van der Waals surface area (Å²) in [6.45, 7) is 3.42. The van der Waals surface area contributed by atoms with Crippen LogP contribution in [0.1, 0.15) is 25.3 Å². The number of nitrogens with zero attached hydrogens (tertiary/aromatic N) is 1. The van der Waals surface area contributed by atoms with E-state index >= 15 is 0 Å². The molecular formula is C13H17FN2O4. The van der Waals surface area contributed by atoms with Crippen molar-refractivity contribution in [2.45, 2.75) is 26.7 Å². The molecule has 2 N–H and O–H groups in total. The molecular weight excluding hydrogens is 267 g/mol. The number of nitro groups is 1. The number of nitro benzene ring substituents is 1. The maximum absolute atomic E-state index is 13.3. The van der Waals surface area contributed by atoms with Crippen LogP contribution >= 0.6 is 0 Å². The first-order valence-electron chi connectivity index (χ1n) is 6.28. The minimum absolute atomic E-state index is 0.0646. The molecule has 0 aliphatic heterocycles. The fourth-order valence-corrected chi connectivity index (χ4v) is 1.86. The first-order chi connectivity index (χ1) is 9.36. The van der Waals surface area contributed by atoms with Gasteiger partial charge in [-0.15, -0.1) is 0 Å². The molecule has 1 rings (SSSR count). The Morgan fingerprint density at radius 2 is 2.20 bits per heavy atom. The quantitative estimate of drug-likeness (QED) is 0.593. The molecule has 0 bridgehead atoms. The van der Waals surface area contributed by atoms with Crippen LogP contribution in [0.3, 0.4) is 0 Å². The highest BCUT2D eigenvalue weighted by Gasteiger charge is 2.20. The van der Waals surface area contributed by atoms with Crippen LogP contribution in [0.25, 0.3) is 0 Å². The predicted molar refractivity (Wildman–Crippen MR) is 72.3 cm³/mol. The minimum atomic E-state index is -0.958. The second-order valence-electron chi connectivity index (χ2n) is 4.58. The summed E-state index contributed by atoms with van der Waals surface area (Å²) >= 11 is 0. The Bertz CT molecular complexity index is 519. The summed E-state index contributed by atoms with van der Waals surface area (Å²) in [5.41, 5.74) is 0.00505. The fraction of sp³-hybridized carbons (Fsp3) is 0.462. The predicted octanol–water partition coefficient (Wildman–Crippen LogP) is 2.96. The van der Waals surface area contributed by atoms with Gasteiger partial charge in [0, 0.05) is 6.54 Å². The molecule has 6 nitrogen and oxygen atoms in total. The van der Waals surface area contributed by atoms with Gasteiger partial charge in [0.1, 0.15) is 11.5 Å². The van der Waals surface area contributed by atoms with Crippen molar-refractivity contribution in [2.75, 3.05) is 11.9 Å². The average molecular weight is 284 g/mol. The van der Waals surface area contributed by atoms with Crippen molar-refractivity contribution in [3.8, 4) is 0 Å². The van der Waals surface area contributed by atoms with Crippen LogP contribution in [0.4, 0.5) is 15.8 Å². The number of carboxylic acid groups (broad SMARTS) is 1. The van der Waals surface area contributed by atoms with Crippen LogP contribution in [0, 0.1) is 28.8 Å². The van der Waals surface area contributed by atoms with Crippen LogP contribution in [0.5, 0.6) is 0 Å². The molecule has 7 heteroatoms. The average Bonchev–Trinajstić information content (AvgIpc) is 2.37. The van der Waals surface area contributed by atoms with Gasteiger partial charge in [0.15, 0.2) is 0 Å². The Kier molecular flexibility index (Phi) is 5.42. The molecule has 1 unspecified atom stereocenters. The van der Waals surface area contributed by atoms with E-state index in [0.29, 0.717) is 12.8 Å². The van der Waals surface area contributed by atoms with Gasteiger partial charge in [0.2, 0.25) is 0 Å². The molecule has 1 aromatic carbocycles. The molecule has 0 amide bonds. The lowest BCUT2D eigenvalue weighted by Crippen LogP contribution is -2.23. The number of carboxylic acids is 1. The Labute approximate surface area is 115 Å². The molecule has 0 saturated heterocycles. The van der Waals surface area contributed by atoms with Gasteiger partial charge in [0.25, 0.3) is 5.69 Å². The van der Waals surface area contributed by atoms with Crippen molar-refractivity contribution in [1.82, 2.24) is 0 Å². The van der Waals surface area contributed by atoms with Crippen molar-refractivity contribution in [2.24, 2.45) is 5.92 Å². The van der Waals surface area contributed by atoms with E-state index in [9.17, 15) is 19.3 Å². The zero-order chi connectivity index (χ0) is 15.3. The van der Waals surface area contributed by atoms with Gasteiger partial charge in [-0.2, -0.15) is 0 Å². The van der Waals surface area contributed by atoms with Crippen LogP contribution in [-0.4, -0.2) is 22.5 Å². The van der Waals surface area contributed by atoms with Crippen LogP contribution < -0.4 is 5.32 Å². The molecule has 0 spiro atoms. The number of aliphatic carboxylic acids is 1. The zero-order valence-electron chi connectivity index (χ0n) is 11.4. The van der Waals surface area contributed by atoms with Gasteiger partial charge in [-0.3, -0.25) is 14.9 Å². The summed E-state index contributed by atoms with van der Waals surface area (Å²) < 4.78 is 13.3. The summed E-state index contributed by atoms with van der Waals surface area (Å²) in [6.07, 6.45) is 1.17. The number of nitrogens with one attached hydrogen (secondary N) is 1. The van der Waals surface area contributed by atoms with Gasteiger partial charge in [-0.1, -0.05) is 13.3 Å². The summed E-state index contributed by atoms with van der Waals surface area (Å²) in [5.74, 6) is -2.25. The smallest absolute Gasteiger partial charge is 0.308 e. The SMILES string of the molecule is CCCC(CNc1cc(C)c(F)cc1[N+](=O)[O-])C(=O)O. The number of benzene rings is 1. The molecule has 110 valence electrons. The van der Waals surface area contributed by atoms with E-state index in [1.165, 1.54) is 13.0 Å². The third kappa shape index (κ3) is 3.91. The maximum atomic E-state index is 13.3. The Morgan fingerprint density at radius 3 is 2.70 bits per heavy atom. The van der Waals surface area contributed by atoms with Gasteiger partial charge < -0.3 is 10.4 Å². The van der Waals surface area contributed by atoms with Crippen molar-refractivity contribution in [3.05, 3.63) is 33.6 Å². The van der Waals surface area contributed by atoms with E-state index in [0.717, 1.165) is 6.07 Å². The van der Waals surface area contributed by atoms with Crippen molar-refractivity contribution < 1.29 is 19.2 Å². The number of carbonyl (C=O) groups is 1. The third-order valence-corrected chi connectivity index (χ3v) is 3.00. The Morgan fingerprint density at radius 1 is 1.55 bits per heavy atom. The topological polar surface area (TPSA) is 92.5 Å². The largest absolute Gasteiger partial charge is 0.481 e. The highest BCUT2D eigenvalue weighted by molar-refractivity contribution is 5.71. The van der Waals surface area contributed by atoms with Gasteiger partial charge in [-0.25, -0.2) is 4.39 Å². The van der Waals surface area contributed by atoms with E-state index in [2.05, 4.69) is 5.32 Å². The zero-order valence-corrected chi connectivity index (χ0v) is 11.4. The minimum Gasteiger partial charge on any atom is -0.481 e. The third-order valence-electron chi connectivity index (χ3n) is 3.00. The normalized spacial score (nSPS) is 11.9.